The number of aromatic amines is 1. The maximum absolute atomic E-state index is 12.6. The average molecular weight is 367 g/mol. The molecule has 1 aliphatic heterocycles. The van der Waals surface area contributed by atoms with E-state index >= 15 is 0 Å². The van der Waals surface area contributed by atoms with Crippen molar-refractivity contribution < 1.29 is 9.59 Å². The summed E-state index contributed by atoms with van der Waals surface area (Å²) in [5, 5.41) is 2.83. The molecule has 27 heavy (non-hydrogen) atoms. The molecule has 2 aromatic rings. The quantitative estimate of drug-likeness (QED) is 0.850. The smallest absolute Gasteiger partial charge is 0.253 e. The van der Waals surface area contributed by atoms with Gasteiger partial charge in [0.1, 0.15) is 0 Å². The van der Waals surface area contributed by atoms with Crippen LogP contribution in [0.5, 0.6) is 0 Å². The lowest BCUT2D eigenvalue weighted by Gasteiger charge is -2.20. The van der Waals surface area contributed by atoms with E-state index < -0.39 is 5.92 Å². The number of nitrogens with one attached hydrogen (secondary N) is 2. The zero-order chi connectivity index (χ0) is 19.6. The van der Waals surface area contributed by atoms with Gasteiger partial charge in [-0.15, -0.1) is 0 Å². The minimum Gasteiger partial charge on any atom is -0.351 e. The first-order chi connectivity index (χ1) is 12.9. The third kappa shape index (κ3) is 3.94. The number of hydrogen-bond acceptors (Lipinski definition) is 3. The molecular weight excluding hydrogens is 342 g/mol. The normalized spacial score (nSPS) is 16.6. The maximum atomic E-state index is 12.6. The molecule has 6 nitrogen and oxygen atoms in total. The first kappa shape index (κ1) is 18.9. The van der Waals surface area contributed by atoms with Crippen molar-refractivity contribution in [3.8, 4) is 0 Å². The number of nitrogens with zero attached hydrogens (tertiary/aromatic N) is 1. The van der Waals surface area contributed by atoms with Crippen LogP contribution in [0, 0.1) is 19.8 Å². The van der Waals surface area contributed by atoms with E-state index in [9.17, 15) is 14.4 Å². The number of amides is 2. The van der Waals surface area contributed by atoms with Crippen molar-refractivity contribution in [1.29, 1.82) is 0 Å². The molecule has 0 saturated carbocycles. The van der Waals surface area contributed by atoms with E-state index in [1.165, 1.54) is 0 Å². The molecule has 0 aliphatic carbocycles. The summed E-state index contributed by atoms with van der Waals surface area (Å²) in [5.41, 5.74) is 3.97. The summed E-state index contributed by atoms with van der Waals surface area (Å²) in [6.07, 6.45) is 1.01. The van der Waals surface area contributed by atoms with Gasteiger partial charge < -0.3 is 15.2 Å². The van der Waals surface area contributed by atoms with E-state index in [1.54, 1.807) is 4.90 Å². The summed E-state index contributed by atoms with van der Waals surface area (Å²) in [7, 11) is 0. The number of pyridine rings is 1. The lowest BCUT2D eigenvalue weighted by atomic mass is 10.1. The topological polar surface area (TPSA) is 82.3 Å². The first-order valence-electron chi connectivity index (χ1n) is 9.26. The molecule has 0 unspecified atom stereocenters. The van der Waals surface area contributed by atoms with Crippen molar-refractivity contribution >= 4 is 17.5 Å². The first-order valence-corrected chi connectivity index (χ1v) is 9.26. The van der Waals surface area contributed by atoms with E-state index in [0.29, 0.717) is 12.1 Å². The second-order valence-electron chi connectivity index (χ2n) is 7.05. The standard InChI is InChI=1S/C21H25N3O3/c1-4-15-7-5-6-8-18(15)24-12-16(10-19(24)25)20(26)22-11-17-13(2)9-14(3)23-21(17)27/h5-9,16H,4,10-12H2,1-3H3,(H,22,26)(H,23,27)/t16-/m0/s1. The number of para-hydroxylation sites is 1. The van der Waals surface area contributed by atoms with Crippen LogP contribution in [0.15, 0.2) is 35.1 Å². The number of benzene rings is 1. The third-order valence-electron chi connectivity index (χ3n) is 5.09. The van der Waals surface area contributed by atoms with Gasteiger partial charge in [0, 0.05) is 36.5 Å². The molecule has 6 heteroatoms. The van der Waals surface area contributed by atoms with Gasteiger partial charge in [-0.3, -0.25) is 14.4 Å². The predicted octanol–water partition coefficient (Wildman–Crippen LogP) is 2.22. The van der Waals surface area contributed by atoms with E-state index in [4.69, 9.17) is 0 Å². The number of hydrogen-bond donors (Lipinski definition) is 2. The zero-order valence-electron chi connectivity index (χ0n) is 16.0. The van der Waals surface area contributed by atoms with Gasteiger partial charge >= 0.3 is 0 Å². The van der Waals surface area contributed by atoms with Gasteiger partial charge in [0.25, 0.3) is 5.56 Å². The minimum atomic E-state index is -0.410. The second-order valence-corrected chi connectivity index (χ2v) is 7.05. The highest BCUT2D eigenvalue weighted by Crippen LogP contribution is 2.28. The molecule has 3 rings (SSSR count). The van der Waals surface area contributed by atoms with Crippen LogP contribution in [-0.2, 0) is 22.6 Å². The van der Waals surface area contributed by atoms with E-state index in [2.05, 4.69) is 10.3 Å². The minimum absolute atomic E-state index is 0.0413. The fraction of sp³-hybridized carbons (Fsp3) is 0.381. The summed E-state index contributed by atoms with van der Waals surface area (Å²) >= 11 is 0. The predicted molar refractivity (Wildman–Crippen MR) is 105 cm³/mol. The van der Waals surface area contributed by atoms with Crippen LogP contribution in [0.1, 0.15) is 35.7 Å². The molecule has 142 valence electrons. The van der Waals surface area contributed by atoms with Gasteiger partial charge in [0.2, 0.25) is 11.8 Å². The number of carbonyl (C=O) groups is 2. The molecule has 1 aromatic heterocycles. The molecule has 2 amide bonds. The lowest BCUT2D eigenvalue weighted by molar-refractivity contribution is -0.126. The average Bonchev–Trinajstić information content (AvgIpc) is 3.02. The fourth-order valence-electron chi connectivity index (χ4n) is 3.61. The lowest BCUT2D eigenvalue weighted by Crippen LogP contribution is -2.34. The van der Waals surface area contributed by atoms with Crippen LogP contribution in [0.25, 0.3) is 0 Å². The molecule has 1 aromatic carbocycles. The number of rotatable bonds is 5. The van der Waals surface area contributed by atoms with Crippen LogP contribution >= 0.6 is 0 Å². The SMILES string of the molecule is CCc1ccccc1N1C[C@@H](C(=O)NCc2c(C)cc(C)[nH]c2=O)CC1=O. The fourth-order valence-corrected chi connectivity index (χ4v) is 3.61. The maximum Gasteiger partial charge on any atom is 0.253 e. The summed E-state index contributed by atoms with van der Waals surface area (Å²) in [5.74, 6) is -0.646. The number of aromatic nitrogens is 1. The molecule has 0 radical (unpaired) electrons. The van der Waals surface area contributed by atoms with Crippen molar-refractivity contribution in [2.24, 2.45) is 5.92 Å². The van der Waals surface area contributed by atoms with Crippen LogP contribution in [0.2, 0.25) is 0 Å². The Balaban J connectivity index is 1.69. The molecular formula is C21H25N3O3. The van der Waals surface area contributed by atoms with Crippen LogP contribution in [0.3, 0.4) is 0 Å². The molecule has 1 atom stereocenters. The highest BCUT2D eigenvalue weighted by atomic mass is 16.2. The Hall–Kier alpha value is -2.89. The largest absolute Gasteiger partial charge is 0.351 e. The zero-order valence-corrected chi connectivity index (χ0v) is 16.0. The second kappa shape index (κ2) is 7.78. The Kier molecular flexibility index (Phi) is 5.44. The van der Waals surface area contributed by atoms with E-state index in [0.717, 1.165) is 28.9 Å². The summed E-state index contributed by atoms with van der Waals surface area (Å²) < 4.78 is 0. The molecule has 2 heterocycles. The molecule has 2 N–H and O–H groups in total. The summed E-state index contributed by atoms with van der Waals surface area (Å²) in [4.78, 5) is 41.6. The van der Waals surface area contributed by atoms with E-state index in [1.807, 2.05) is 51.1 Å². The Morgan fingerprint density at radius 2 is 2.00 bits per heavy atom. The number of carbonyl (C=O) groups excluding carboxylic acids is 2. The third-order valence-corrected chi connectivity index (χ3v) is 5.09. The number of H-pyrrole nitrogens is 1. The van der Waals surface area contributed by atoms with Crippen molar-refractivity contribution in [3.63, 3.8) is 0 Å². The monoisotopic (exact) mass is 367 g/mol. The van der Waals surface area contributed by atoms with Gasteiger partial charge in [-0.2, -0.15) is 0 Å². The van der Waals surface area contributed by atoms with Gasteiger partial charge in [0.15, 0.2) is 0 Å². The van der Waals surface area contributed by atoms with Crippen molar-refractivity contribution in [2.45, 2.75) is 40.2 Å². The highest BCUT2D eigenvalue weighted by Gasteiger charge is 2.35. The Morgan fingerprint density at radius 1 is 1.26 bits per heavy atom. The van der Waals surface area contributed by atoms with Crippen LogP contribution < -0.4 is 15.8 Å². The van der Waals surface area contributed by atoms with Crippen LogP contribution in [-0.4, -0.2) is 23.3 Å². The summed E-state index contributed by atoms with van der Waals surface area (Å²) in [6, 6.07) is 9.66. The van der Waals surface area contributed by atoms with Crippen LogP contribution in [0.4, 0.5) is 5.69 Å². The van der Waals surface area contributed by atoms with Crippen molar-refractivity contribution in [3.05, 3.63) is 63.1 Å². The van der Waals surface area contributed by atoms with Crippen molar-refractivity contribution in [1.82, 2.24) is 10.3 Å². The number of anilines is 1. The Bertz CT molecular complexity index is 933. The summed E-state index contributed by atoms with van der Waals surface area (Å²) in [6.45, 7) is 6.25. The van der Waals surface area contributed by atoms with E-state index in [-0.39, 0.29) is 30.3 Å². The van der Waals surface area contributed by atoms with Gasteiger partial charge in [-0.1, -0.05) is 25.1 Å². The highest BCUT2D eigenvalue weighted by molar-refractivity contribution is 6.00. The van der Waals surface area contributed by atoms with Gasteiger partial charge in [-0.05, 0) is 43.5 Å². The Morgan fingerprint density at radius 3 is 2.70 bits per heavy atom. The van der Waals surface area contributed by atoms with Crippen molar-refractivity contribution in [2.75, 3.05) is 11.4 Å². The van der Waals surface area contributed by atoms with Gasteiger partial charge in [-0.25, -0.2) is 0 Å². The van der Waals surface area contributed by atoms with Gasteiger partial charge in [0.05, 0.1) is 5.92 Å². The molecule has 1 saturated heterocycles. The Labute approximate surface area is 158 Å². The molecule has 1 aliphatic rings. The molecule has 0 bridgehead atoms. The number of aryl methyl sites for hydroxylation is 3. The molecule has 1 fully saturated rings. The molecule has 0 spiro atoms.